The number of nitrogens with one attached hydrogen (secondary N) is 1. The maximum absolute atomic E-state index is 4.36. The van der Waals surface area contributed by atoms with Gasteiger partial charge in [-0.15, -0.1) is 0 Å². The van der Waals surface area contributed by atoms with Gasteiger partial charge < -0.3 is 5.32 Å². The molecule has 4 rings (SSSR count). The summed E-state index contributed by atoms with van der Waals surface area (Å²) in [6.07, 6.45) is 7.70. The summed E-state index contributed by atoms with van der Waals surface area (Å²) in [4.78, 5) is 8.63. The van der Waals surface area contributed by atoms with Gasteiger partial charge in [0.05, 0.1) is 23.4 Å². The van der Waals surface area contributed by atoms with Gasteiger partial charge in [0, 0.05) is 29.6 Å². The Morgan fingerprint density at radius 1 is 1.10 bits per heavy atom. The van der Waals surface area contributed by atoms with Gasteiger partial charge in [-0.25, -0.2) is 9.97 Å². The topological polar surface area (TPSA) is 42.2 Å². The first-order valence-electron chi connectivity index (χ1n) is 6.85. The zero-order valence-electron chi connectivity index (χ0n) is 11.6. The van der Waals surface area contributed by atoms with Gasteiger partial charge in [0.2, 0.25) is 0 Å². The summed E-state index contributed by atoms with van der Waals surface area (Å²) >= 11 is 0. The van der Waals surface area contributed by atoms with Gasteiger partial charge in [-0.3, -0.25) is 4.40 Å². The molecule has 0 saturated heterocycles. The van der Waals surface area contributed by atoms with Crippen LogP contribution < -0.4 is 10.7 Å². The fourth-order valence-electron chi connectivity index (χ4n) is 2.78. The van der Waals surface area contributed by atoms with Crippen LogP contribution in [0.5, 0.6) is 0 Å². The van der Waals surface area contributed by atoms with Gasteiger partial charge in [0.25, 0.3) is 0 Å². The van der Waals surface area contributed by atoms with Crippen molar-refractivity contribution in [2.75, 3.05) is 12.4 Å². The Labute approximate surface area is 121 Å². The average molecular weight is 274 g/mol. The second-order valence-electron chi connectivity index (χ2n) is 4.92. The third-order valence-electron chi connectivity index (χ3n) is 3.74. The van der Waals surface area contributed by atoms with E-state index >= 15 is 0 Å². The molecule has 0 aliphatic carbocycles. The van der Waals surface area contributed by atoms with Crippen molar-refractivity contribution >= 4 is 28.2 Å². The summed E-state index contributed by atoms with van der Waals surface area (Å²) in [5, 5.41) is 6.70. The van der Waals surface area contributed by atoms with E-state index in [1.54, 1.807) is 6.20 Å². The second-order valence-corrected chi connectivity index (χ2v) is 4.92. The number of fused-ring (bicyclic) bond motifs is 3. The van der Waals surface area contributed by atoms with Crippen molar-refractivity contribution in [2.24, 2.45) is 0 Å². The van der Waals surface area contributed by atoms with Crippen molar-refractivity contribution in [1.82, 2.24) is 14.4 Å². The highest BCUT2D eigenvalue weighted by Crippen LogP contribution is 2.19. The molecule has 1 N–H and O–H groups in total. The van der Waals surface area contributed by atoms with Crippen LogP contribution >= 0.6 is 0 Å². The molecule has 0 atom stereocenters. The van der Waals surface area contributed by atoms with E-state index in [1.807, 2.05) is 25.6 Å². The Balaban J connectivity index is 2.12. The lowest BCUT2D eigenvalue weighted by Gasteiger charge is -2.02. The number of imidazole rings is 1. The minimum Gasteiger partial charge on any atom is -0.373 e. The van der Waals surface area contributed by atoms with Crippen molar-refractivity contribution in [3.05, 3.63) is 66.0 Å². The number of nitrogens with zero attached hydrogens (tertiary/aromatic N) is 3. The molecule has 4 aromatic rings. The lowest BCUT2D eigenvalue weighted by Crippen LogP contribution is -2.08. The SMILES string of the molecule is CNc1ncccc1C=c1c2ccccc2c2cncn12. The smallest absolute Gasteiger partial charge is 0.133 e. The van der Waals surface area contributed by atoms with Crippen LogP contribution in [0.1, 0.15) is 5.56 Å². The van der Waals surface area contributed by atoms with Crippen LogP contribution in [0.3, 0.4) is 0 Å². The first-order chi connectivity index (χ1) is 10.4. The Morgan fingerprint density at radius 2 is 1.95 bits per heavy atom. The predicted octanol–water partition coefficient (Wildman–Crippen LogP) is 2.47. The Hall–Kier alpha value is -2.88. The van der Waals surface area contributed by atoms with E-state index in [0.717, 1.165) is 22.2 Å². The average Bonchev–Trinajstić information content (AvgIpc) is 3.11. The van der Waals surface area contributed by atoms with Gasteiger partial charge in [-0.2, -0.15) is 0 Å². The Bertz CT molecular complexity index is 985. The van der Waals surface area contributed by atoms with E-state index in [2.05, 4.69) is 56.1 Å². The molecule has 0 radical (unpaired) electrons. The summed E-state index contributed by atoms with van der Waals surface area (Å²) in [6.45, 7) is 0. The summed E-state index contributed by atoms with van der Waals surface area (Å²) < 4.78 is 2.12. The number of hydrogen-bond acceptors (Lipinski definition) is 3. The van der Waals surface area contributed by atoms with E-state index in [0.29, 0.717) is 0 Å². The number of pyridine rings is 1. The molecule has 0 aliphatic heterocycles. The number of hydrogen-bond donors (Lipinski definition) is 1. The summed E-state index contributed by atoms with van der Waals surface area (Å²) in [7, 11) is 1.88. The van der Waals surface area contributed by atoms with Crippen molar-refractivity contribution in [2.45, 2.75) is 0 Å². The van der Waals surface area contributed by atoms with Crippen molar-refractivity contribution in [1.29, 1.82) is 0 Å². The molecule has 1 aromatic carbocycles. The van der Waals surface area contributed by atoms with Crippen molar-refractivity contribution < 1.29 is 0 Å². The molecular formula is C17H14N4. The molecule has 0 unspecified atom stereocenters. The van der Waals surface area contributed by atoms with Gasteiger partial charge in [-0.05, 0) is 18.2 Å². The quantitative estimate of drug-likeness (QED) is 0.610. The second kappa shape index (κ2) is 4.59. The molecule has 0 amide bonds. The maximum Gasteiger partial charge on any atom is 0.133 e. The minimum atomic E-state index is 0.871. The lowest BCUT2D eigenvalue weighted by molar-refractivity contribution is 1.14. The first kappa shape index (κ1) is 11.9. The normalized spacial score (nSPS) is 12.3. The standard InChI is InChI=1S/C17H14N4/c1-18-17-12(5-4-8-20-17)9-15-13-6-2-3-7-14(13)16-10-19-11-21(15)16/h2-11H,1H3,(H,18,20). The molecule has 0 aliphatic rings. The van der Waals surface area contributed by atoms with Crippen LogP contribution in [0.4, 0.5) is 5.82 Å². The highest BCUT2D eigenvalue weighted by atomic mass is 15.0. The van der Waals surface area contributed by atoms with Crippen LogP contribution in [0.2, 0.25) is 0 Å². The minimum absolute atomic E-state index is 0.871. The highest BCUT2D eigenvalue weighted by molar-refractivity contribution is 5.98. The molecule has 21 heavy (non-hydrogen) atoms. The molecule has 102 valence electrons. The summed E-state index contributed by atoms with van der Waals surface area (Å²) in [5.74, 6) is 0.871. The number of rotatable bonds is 2. The predicted molar refractivity (Wildman–Crippen MR) is 85.3 cm³/mol. The first-order valence-corrected chi connectivity index (χ1v) is 6.85. The number of aromatic nitrogens is 3. The van der Waals surface area contributed by atoms with Gasteiger partial charge in [0.15, 0.2) is 0 Å². The van der Waals surface area contributed by atoms with E-state index in [4.69, 9.17) is 0 Å². The number of anilines is 1. The summed E-state index contributed by atoms with van der Waals surface area (Å²) in [5.41, 5.74) is 2.19. The fraction of sp³-hybridized carbons (Fsp3) is 0.0588. The van der Waals surface area contributed by atoms with E-state index in [1.165, 1.54) is 10.8 Å². The fourth-order valence-corrected chi connectivity index (χ4v) is 2.78. The highest BCUT2D eigenvalue weighted by Gasteiger charge is 2.07. The third kappa shape index (κ3) is 1.76. The van der Waals surface area contributed by atoms with E-state index in [9.17, 15) is 0 Å². The Morgan fingerprint density at radius 3 is 2.81 bits per heavy atom. The Kier molecular flexibility index (Phi) is 2.60. The molecular weight excluding hydrogens is 260 g/mol. The molecule has 0 bridgehead atoms. The molecule has 0 fully saturated rings. The molecule has 3 aromatic heterocycles. The molecule has 0 spiro atoms. The largest absolute Gasteiger partial charge is 0.373 e. The van der Waals surface area contributed by atoms with Gasteiger partial charge >= 0.3 is 0 Å². The monoisotopic (exact) mass is 274 g/mol. The van der Waals surface area contributed by atoms with Crippen LogP contribution in [0.15, 0.2) is 55.1 Å². The van der Waals surface area contributed by atoms with E-state index in [-0.39, 0.29) is 0 Å². The third-order valence-corrected chi connectivity index (χ3v) is 3.74. The number of benzene rings is 1. The van der Waals surface area contributed by atoms with Gasteiger partial charge in [0.1, 0.15) is 5.82 Å². The van der Waals surface area contributed by atoms with Crippen LogP contribution in [0, 0.1) is 0 Å². The molecule has 4 nitrogen and oxygen atoms in total. The lowest BCUT2D eigenvalue weighted by atomic mass is 10.1. The van der Waals surface area contributed by atoms with Crippen LogP contribution in [-0.2, 0) is 0 Å². The van der Waals surface area contributed by atoms with E-state index < -0.39 is 0 Å². The zero-order valence-corrected chi connectivity index (χ0v) is 11.6. The molecule has 3 heterocycles. The summed E-state index contributed by atoms with van der Waals surface area (Å²) in [6, 6.07) is 12.4. The zero-order chi connectivity index (χ0) is 14.2. The maximum atomic E-state index is 4.36. The van der Waals surface area contributed by atoms with Crippen molar-refractivity contribution in [3.63, 3.8) is 0 Å². The van der Waals surface area contributed by atoms with Crippen LogP contribution in [-0.4, -0.2) is 21.4 Å². The van der Waals surface area contributed by atoms with Crippen molar-refractivity contribution in [3.8, 4) is 0 Å². The van der Waals surface area contributed by atoms with Crippen LogP contribution in [0.25, 0.3) is 22.4 Å². The molecule has 4 heteroatoms. The van der Waals surface area contributed by atoms with Gasteiger partial charge in [-0.1, -0.05) is 24.3 Å². The molecule has 0 saturated carbocycles.